The Bertz CT molecular complexity index is 434. The van der Waals surface area contributed by atoms with Crippen LogP contribution in [-0.2, 0) is 4.79 Å². The first-order chi connectivity index (χ1) is 9.22. The molecule has 4 rings (SSSR count). The van der Waals surface area contributed by atoms with Gasteiger partial charge >= 0.3 is 0 Å². The van der Waals surface area contributed by atoms with Crippen molar-refractivity contribution in [1.29, 1.82) is 0 Å². The maximum absolute atomic E-state index is 12.7. The minimum atomic E-state index is -0.170. The second-order valence-electron chi connectivity index (χ2n) is 6.73. The quantitative estimate of drug-likeness (QED) is 0.338. The van der Waals surface area contributed by atoms with Crippen LogP contribution in [0.5, 0.6) is 0 Å². The molecule has 1 saturated heterocycles. The summed E-state index contributed by atoms with van der Waals surface area (Å²) in [6.07, 6.45) is 5.82. The molecule has 3 N–H and O–H groups in total. The Morgan fingerprint density at radius 1 is 1.21 bits per heavy atom. The van der Waals surface area contributed by atoms with Crippen LogP contribution in [0, 0.1) is 29.6 Å². The van der Waals surface area contributed by atoms with E-state index < -0.39 is 0 Å². The summed E-state index contributed by atoms with van der Waals surface area (Å²) in [5.41, 5.74) is 5.72. The van der Waals surface area contributed by atoms with Crippen LogP contribution in [-0.4, -0.2) is 34.4 Å². The van der Waals surface area contributed by atoms with Gasteiger partial charge in [0, 0.05) is 12.5 Å². The van der Waals surface area contributed by atoms with E-state index in [0.717, 1.165) is 31.2 Å². The number of hydrogen-bond acceptors (Lipinski definition) is 3. The van der Waals surface area contributed by atoms with Crippen molar-refractivity contribution < 1.29 is 10.0 Å². The molecule has 5 atom stereocenters. The first-order valence-electron chi connectivity index (χ1n) is 7.50. The van der Waals surface area contributed by atoms with E-state index in [0.29, 0.717) is 11.8 Å². The van der Waals surface area contributed by atoms with Gasteiger partial charge < -0.3 is 15.8 Å². The van der Waals surface area contributed by atoms with Gasteiger partial charge in [-0.15, -0.1) is 0 Å². The number of amidine groups is 1. The first kappa shape index (κ1) is 11.6. The molecule has 104 valence electrons. The fourth-order valence-corrected chi connectivity index (χ4v) is 5.25. The maximum Gasteiger partial charge on any atom is 0.226 e. The van der Waals surface area contributed by atoms with E-state index in [9.17, 15) is 4.79 Å². The van der Waals surface area contributed by atoms with Crippen LogP contribution in [0.15, 0.2) is 5.16 Å². The summed E-state index contributed by atoms with van der Waals surface area (Å²) in [7, 11) is 0. The first-order valence-corrected chi connectivity index (χ1v) is 7.50. The minimum absolute atomic E-state index is 0.170. The Kier molecular flexibility index (Phi) is 2.35. The zero-order valence-corrected chi connectivity index (χ0v) is 11.0. The van der Waals surface area contributed by atoms with Crippen LogP contribution in [0.4, 0.5) is 0 Å². The van der Waals surface area contributed by atoms with E-state index in [1.54, 1.807) is 0 Å². The molecule has 2 bridgehead atoms. The van der Waals surface area contributed by atoms with E-state index >= 15 is 0 Å². The Labute approximate surface area is 112 Å². The van der Waals surface area contributed by atoms with Gasteiger partial charge in [-0.1, -0.05) is 5.16 Å². The Hall–Kier alpha value is -1.26. The van der Waals surface area contributed by atoms with Crippen LogP contribution >= 0.6 is 0 Å². The molecule has 0 aromatic rings. The number of likely N-dealkylation sites (tertiary alicyclic amines) is 1. The van der Waals surface area contributed by atoms with Crippen molar-refractivity contribution in [2.75, 3.05) is 6.54 Å². The molecule has 19 heavy (non-hydrogen) atoms. The summed E-state index contributed by atoms with van der Waals surface area (Å²) in [5.74, 6) is 3.70. The molecule has 1 heterocycles. The second-order valence-corrected chi connectivity index (χ2v) is 6.73. The average molecular weight is 263 g/mol. The summed E-state index contributed by atoms with van der Waals surface area (Å²) >= 11 is 0. The standard InChI is InChI=1S/C14H21N3O2/c15-13(16-19)9-2-1-5-17(9)14(18)12-10-7-3-4-8(6-7)11(10)12/h7-12,19H,1-6H2,(H2,15,16). The lowest BCUT2D eigenvalue weighted by molar-refractivity contribution is -0.133. The average Bonchev–Trinajstić information content (AvgIpc) is 2.83. The molecule has 1 amide bonds. The number of fused-ring (bicyclic) bond motifs is 5. The van der Waals surface area contributed by atoms with Crippen molar-refractivity contribution in [1.82, 2.24) is 4.90 Å². The largest absolute Gasteiger partial charge is 0.409 e. The van der Waals surface area contributed by atoms with Crippen molar-refractivity contribution in [2.24, 2.45) is 40.5 Å². The number of nitrogens with two attached hydrogens (primary N) is 1. The van der Waals surface area contributed by atoms with Gasteiger partial charge in [-0.3, -0.25) is 4.79 Å². The lowest BCUT2D eigenvalue weighted by Gasteiger charge is -2.25. The Morgan fingerprint density at radius 2 is 1.89 bits per heavy atom. The van der Waals surface area contributed by atoms with E-state index in [4.69, 9.17) is 10.9 Å². The van der Waals surface area contributed by atoms with E-state index in [1.807, 2.05) is 4.90 Å². The van der Waals surface area contributed by atoms with E-state index in [2.05, 4.69) is 5.16 Å². The van der Waals surface area contributed by atoms with Crippen LogP contribution in [0.1, 0.15) is 32.1 Å². The fraction of sp³-hybridized carbons (Fsp3) is 0.857. The van der Waals surface area contributed by atoms with Crippen LogP contribution in [0.3, 0.4) is 0 Å². The number of oxime groups is 1. The zero-order chi connectivity index (χ0) is 13.1. The van der Waals surface area contributed by atoms with Gasteiger partial charge in [0.05, 0.1) is 6.04 Å². The molecular weight excluding hydrogens is 242 g/mol. The normalized spacial score (nSPS) is 47.6. The summed E-state index contributed by atoms with van der Waals surface area (Å²) < 4.78 is 0. The van der Waals surface area contributed by atoms with Gasteiger partial charge in [0.25, 0.3) is 0 Å². The van der Waals surface area contributed by atoms with E-state index in [1.165, 1.54) is 19.3 Å². The predicted molar refractivity (Wildman–Crippen MR) is 69.4 cm³/mol. The Morgan fingerprint density at radius 3 is 2.53 bits per heavy atom. The van der Waals surface area contributed by atoms with Gasteiger partial charge in [0.2, 0.25) is 5.91 Å². The number of carbonyl (C=O) groups is 1. The molecular formula is C14H21N3O2. The zero-order valence-electron chi connectivity index (χ0n) is 11.0. The van der Waals surface area contributed by atoms with Crippen LogP contribution in [0.2, 0.25) is 0 Å². The van der Waals surface area contributed by atoms with Crippen molar-refractivity contribution in [2.45, 2.75) is 38.1 Å². The molecule has 3 aliphatic carbocycles. The third-order valence-electron chi connectivity index (χ3n) is 6.01. The highest BCUT2D eigenvalue weighted by atomic mass is 16.4. The second kappa shape index (κ2) is 3.87. The molecule has 5 nitrogen and oxygen atoms in total. The molecule has 5 heteroatoms. The Balaban J connectivity index is 1.50. The molecule has 0 aromatic carbocycles. The van der Waals surface area contributed by atoms with Crippen molar-refractivity contribution >= 4 is 11.7 Å². The third-order valence-corrected chi connectivity index (χ3v) is 6.01. The topological polar surface area (TPSA) is 78.9 Å². The smallest absolute Gasteiger partial charge is 0.226 e. The van der Waals surface area contributed by atoms with Crippen molar-refractivity contribution in [3.63, 3.8) is 0 Å². The van der Waals surface area contributed by atoms with Gasteiger partial charge in [0.15, 0.2) is 5.84 Å². The lowest BCUT2D eigenvalue weighted by Crippen LogP contribution is -2.45. The van der Waals surface area contributed by atoms with Gasteiger partial charge in [-0.05, 0) is 55.8 Å². The van der Waals surface area contributed by atoms with Gasteiger partial charge in [-0.2, -0.15) is 0 Å². The highest BCUT2D eigenvalue weighted by Gasteiger charge is 2.68. The molecule has 5 unspecified atom stereocenters. The van der Waals surface area contributed by atoms with Crippen LogP contribution in [0.25, 0.3) is 0 Å². The molecule has 1 aliphatic heterocycles. The number of amides is 1. The molecule has 4 fully saturated rings. The number of carbonyl (C=O) groups excluding carboxylic acids is 1. The lowest BCUT2D eigenvalue weighted by atomic mass is 10.0. The van der Waals surface area contributed by atoms with Crippen molar-refractivity contribution in [3.8, 4) is 0 Å². The molecule has 0 radical (unpaired) electrons. The number of rotatable bonds is 2. The van der Waals surface area contributed by atoms with E-state index in [-0.39, 0.29) is 23.7 Å². The summed E-state index contributed by atoms with van der Waals surface area (Å²) in [4.78, 5) is 14.6. The number of hydrogen-bond donors (Lipinski definition) is 2. The van der Waals surface area contributed by atoms with Crippen molar-refractivity contribution in [3.05, 3.63) is 0 Å². The monoisotopic (exact) mass is 263 g/mol. The fourth-order valence-electron chi connectivity index (χ4n) is 5.25. The summed E-state index contributed by atoms with van der Waals surface area (Å²) in [6, 6.07) is -0.170. The van der Waals surface area contributed by atoms with Crippen LogP contribution < -0.4 is 5.73 Å². The maximum atomic E-state index is 12.7. The molecule has 3 saturated carbocycles. The summed E-state index contributed by atoms with van der Waals surface area (Å²) in [6.45, 7) is 0.769. The molecule has 0 aromatic heterocycles. The minimum Gasteiger partial charge on any atom is -0.409 e. The third kappa shape index (κ3) is 1.47. The molecule has 0 spiro atoms. The summed E-state index contributed by atoms with van der Waals surface area (Å²) in [5, 5.41) is 11.9. The predicted octanol–water partition coefficient (Wildman–Crippen LogP) is 1.02. The molecule has 4 aliphatic rings. The van der Waals surface area contributed by atoms with Gasteiger partial charge in [0.1, 0.15) is 0 Å². The highest BCUT2D eigenvalue weighted by Crippen LogP contribution is 2.69. The highest BCUT2D eigenvalue weighted by molar-refractivity contribution is 5.92. The number of nitrogens with zero attached hydrogens (tertiary/aromatic N) is 2. The van der Waals surface area contributed by atoms with Gasteiger partial charge in [-0.25, -0.2) is 0 Å². The SMILES string of the molecule is NC(=NO)C1CCCN1C(=O)C1C2C3CCC(C3)C12.